The van der Waals surface area contributed by atoms with E-state index in [1.807, 2.05) is 26.0 Å². The second-order valence-corrected chi connectivity index (χ2v) is 5.25. The van der Waals surface area contributed by atoms with E-state index in [0.29, 0.717) is 6.54 Å². The molecule has 0 aliphatic carbocycles. The SMILES string of the molecule is CCCN(CC(=O)O)C(=O)C=Cc1ccc(C)s1. The summed E-state index contributed by atoms with van der Waals surface area (Å²) in [5, 5.41) is 8.73. The predicted molar refractivity (Wildman–Crippen MR) is 72.6 cm³/mol. The molecule has 0 aromatic carbocycles. The van der Waals surface area contributed by atoms with E-state index in [4.69, 9.17) is 5.11 Å². The molecule has 0 aliphatic rings. The van der Waals surface area contributed by atoms with Gasteiger partial charge in [-0.3, -0.25) is 9.59 Å². The first-order valence-electron chi connectivity index (χ1n) is 5.78. The van der Waals surface area contributed by atoms with Crippen LogP contribution in [0.25, 0.3) is 6.08 Å². The highest BCUT2D eigenvalue weighted by molar-refractivity contribution is 7.12. The van der Waals surface area contributed by atoms with Crippen LogP contribution in [0, 0.1) is 6.92 Å². The third kappa shape index (κ3) is 4.71. The molecule has 1 rings (SSSR count). The van der Waals surface area contributed by atoms with Crippen molar-refractivity contribution in [3.63, 3.8) is 0 Å². The van der Waals surface area contributed by atoms with Gasteiger partial charge >= 0.3 is 5.97 Å². The number of hydrogen-bond donors (Lipinski definition) is 1. The van der Waals surface area contributed by atoms with Crippen LogP contribution in [0.15, 0.2) is 18.2 Å². The van der Waals surface area contributed by atoms with Gasteiger partial charge < -0.3 is 10.0 Å². The van der Waals surface area contributed by atoms with Gasteiger partial charge in [0.25, 0.3) is 0 Å². The lowest BCUT2D eigenvalue weighted by atomic mass is 10.3. The molecule has 1 heterocycles. The first-order valence-corrected chi connectivity index (χ1v) is 6.59. The van der Waals surface area contributed by atoms with Gasteiger partial charge in [0.2, 0.25) is 5.91 Å². The van der Waals surface area contributed by atoms with Crippen LogP contribution in [0.4, 0.5) is 0 Å². The molecule has 98 valence electrons. The van der Waals surface area contributed by atoms with Gasteiger partial charge in [-0.2, -0.15) is 0 Å². The van der Waals surface area contributed by atoms with Gasteiger partial charge in [0, 0.05) is 22.4 Å². The van der Waals surface area contributed by atoms with E-state index in [1.54, 1.807) is 17.4 Å². The smallest absolute Gasteiger partial charge is 0.323 e. The van der Waals surface area contributed by atoms with E-state index < -0.39 is 5.97 Å². The highest BCUT2D eigenvalue weighted by Gasteiger charge is 2.12. The Morgan fingerprint density at radius 3 is 2.67 bits per heavy atom. The summed E-state index contributed by atoms with van der Waals surface area (Å²) in [5.41, 5.74) is 0. The number of nitrogens with zero attached hydrogens (tertiary/aromatic N) is 1. The average molecular weight is 267 g/mol. The summed E-state index contributed by atoms with van der Waals surface area (Å²) < 4.78 is 0. The zero-order valence-corrected chi connectivity index (χ0v) is 11.4. The summed E-state index contributed by atoms with van der Waals surface area (Å²) in [5.74, 6) is -1.25. The minimum atomic E-state index is -0.989. The van der Waals surface area contributed by atoms with Gasteiger partial charge in [-0.05, 0) is 31.6 Å². The largest absolute Gasteiger partial charge is 0.480 e. The number of carboxylic acids is 1. The molecular weight excluding hydrogens is 250 g/mol. The molecule has 1 N–H and O–H groups in total. The fourth-order valence-corrected chi connectivity index (χ4v) is 2.28. The number of carbonyl (C=O) groups is 2. The number of rotatable bonds is 6. The number of carboxylic acid groups (broad SMARTS) is 1. The minimum absolute atomic E-state index is 0.250. The topological polar surface area (TPSA) is 57.6 Å². The summed E-state index contributed by atoms with van der Waals surface area (Å²) in [6.45, 7) is 4.12. The summed E-state index contributed by atoms with van der Waals surface area (Å²) in [6, 6.07) is 3.92. The van der Waals surface area contributed by atoms with E-state index in [0.717, 1.165) is 11.3 Å². The van der Waals surface area contributed by atoms with Crippen molar-refractivity contribution in [3.8, 4) is 0 Å². The van der Waals surface area contributed by atoms with Crippen LogP contribution in [-0.4, -0.2) is 35.0 Å². The summed E-state index contributed by atoms with van der Waals surface area (Å²) >= 11 is 1.59. The Kier molecular flexibility index (Phi) is 5.58. The van der Waals surface area contributed by atoms with Gasteiger partial charge in [-0.15, -0.1) is 11.3 Å². The number of carbonyl (C=O) groups excluding carboxylic acids is 1. The Morgan fingerprint density at radius 2 is 2.17 bits per heavy atom. The maximum atomic E-state index is 11.8. The lowest BCUT2D eigenvalue weighted by Crippen LogP contribution is -2.35. The molecule has 0 aliphatic heterocycles. The van der Waals surface area contributed by atoms with Gasteiger partial charge in [0.1, 0.15) is 6.54 Å². The molecule has 1 aromatic heterocycles. The number of thiophene rings is 1. The first-order chi connectivity index (χ1) is 8.52. The molecular formula is C13H17NO3S. The highest BCUT2D eigenvalue weighted by atomic mass is 32.1. The molecule has 18 heavy (non-hydrogen) atoms. The summed E-state index contributed by atoms with van der Waals surface area (Å²) in [6.07, 6.45) is 3.90. The van der Waals surface area contributed by atoms with Crippen LogP contribution in [0.2, 0.25) is 0 Å². The fourth-order valence-electron chi connectivity index (χ4n) is 1.50. The van der Waals surface area contributed by atoms with E-state index in [2.05, 4.69) is 0 Å². The van der Waals surface area contributed by atoms with Crippen LogP contribution >= 0.6 is 11.3 Å². The van der Waals surface area contributed by atoms with Gasteiger partial charge in [-0.1, -0.05) is 6.92 Å². The maximum Gasteiger partial charge on any atom is 0.323 e. The Hall–Kier alpha value is -1.62. The number of hydrogen-bond acceptors (Lipinski definition) is 3. The van der Waals surface area contributed by atoms with Crippen molar-refractivity contribution < 1.29 is 14.7 Å². The third-order valence-electron chi connectivity index (χ3n) is 2.28. The minimum Gasteiger partial charge on any atom is -0.480 e. The normalized spacial score (nSPS) is 10.8. The molecule has 0 spiro atoms. The van der Waals surface area contributed by atoms with Crippen LogP contribution in [-0.2, 0) is 9.59 Å². The van der Waals surface area contributed by atoms with Crippen LogP contribution in [0.1, 0.15) is 23.1 Å². The van der Waals surface area contributed by atoms with E-state index in [9.17, 15) is 9.59 Å². The van der Waals surface area contributed by atoms with Crippen molar-refractivity contribution in [3.05, 3.63) is 28.0 Å². The van der Waals surface area contributed by atoms with E-state index in [1.165, 1.54) is 15.9 Å². The first kappa shape index (κ1) is 14.4. The summed E-state index contributed by atoms with van der Waals surface area (Å²) in [4.78, 5) is 26.0. The fraction of sp³-hybridized carbons (Fsp3) is 0.385. The molecule has 0 saturated carbocycles. The van der Waals surface area contributed by atoms with Crippen molar-refractivity contribution >= 4 is 29.3 Å². The molecule has 0 fully saturated rings. The van der Waals surface area contributed by atoms with Crippen molar-refractivity contribution in [1.82, 2.24) is 4.90 Å². The maximum absolute atomic E-state index is 11.8. The second kappa shape index (κ2) is 6.96. The van der Waals surface area contributed by atoms with E-state index in [-0.39, 0.29) is 12.5 Å². The van der Waals surface area contributed by atoms with Gasteiger partial charge in [0.05, 0.1) is 0 Å². The predicted octanol–water partition coefficient (Wildman–Crippen LogP) is 2.39. The molecule has 0 unspecified atom stereocenters. The zero-order chi connectivity index (χ0) is 13.5. The third-order valence-corrected chi connectivity index (χ3v) is 3.25. The Bertz CT molecular complexity index is 451. The van der Waals surface area contributed by atoms with Crippen LogP contribution in [0.3, 0.4) is 0 Å². The van der Waals surface area contributed by atoms with Crippen LogP contribution in [0.5, 0.6) is 0 Å². The van der Waals surface area contributed by atoms with Crippen molar-refractivity contribution in [1.29, 1.82) is 0 Å². The molecule has 0 saturated heterocycles. The van der Waals surface area contributed by atoms with Crippen molar-refractivity contribution in [2.45, 2.75) is 20.3 Å². The lowest BCUT2D eigenvalue weighted by molar-refractivity contribution is -0.142. The summed E-state index contributed by atoms with van der Waals surface area (Å²) in [7, 11) is 0. The molecule has 1 amide bonds. The molecule has 5 heteroatoms. The van der Waals surface area contributed by atoms with Crippen LogP contribution < -0.4 is 0 Å². The quantitative estimate of drug-likeness (QED) is 0.805. The monoisotopic (exact) mass is 267 g/mol. The average Bonchev–Trinajstić information content (AvgIpc) is 2.71. The second-order valence-electron chi connectivity index (χ2n) is 3.94. The van der Waals surface area contributed by atoms with Gasteiger partial charge in [-0.25, -0.2) is 0 Å². The molecule has 0 bridgehead atoms. The standard InChI is InChI=1S/C13H17NO3S/c1-3-8-14(9-13(16)17)12(15)7-6-11-5-4-10(2)18-11/h4-7H,3,8-9H2,1-2H3,(H,16,17). The molecule has 1 aromatic rings. The van der Waals surface area contributed by atoms with Gasteiger partial charge in [0.15, 0.2) is 0 Å². The van der Waals surface area contributed by atoms with Crippen molar-refractivity contribution in [2.75, 3.05) is 13.1 Å². The molecule has 4 nitrogen and oxygen atoms in total. The number of aryl methyl sites for hydroxylation is 1. The van der Waals surface area contributed by atoms with Crippen molar-refractivity contribution in [2.24, 2.45) is 0 Å². The number of amides is 1. The Morgan fingerprint density at radius 1 is 1.44 bits per heavy atom. The molecule has 0 radical (unpaired) electrons. The number of aliphatic carboxylic acids is 1. The Labute approximate surface area is 111 Å². The zero-order valence-electron chi connectivity index (χ0n) is 10.5. The Balaban J connectivity index is 2.65. The highest BCUT2D eigenvalue weighted by Crippen LogP contribution is 2.16. The van der Waals surface area contributed by atoms with E-state index >= 15 is 0 Å². The lowest BCUT2D eigenvalue weighted by Gasteiger charge is -2.17. The molecule has 0 atom stereocenters.